The number of hydrogen-bond donors (Lipinski definition) is 1. The fourth-order valence-corrected chi connectivity index (χ4v) is 2.60. The average Bonchev–Trinajstić information content (AvgIpc) is 2.94. The first kappa shape index (κ1) is 17.2. The minimum atomic E-state index is -0.672. The molecule has 2 rings (SSSR count). The zero-order valence-corrected chi connectivity index (χ0v) is 14.0. The van der Waals surface area contributed by atoms with Gasteiger partial charge in [0, 0.05) is 0 Å². The highest BCUT2D eigenvalue weighted by molar-refractivity contribution is 7.17. The molecule has 0 fully saturated rings. The second kappa shape index (κ2) is 7.89. The Morgan fingerprint density at radius 2 is 1.91 bits per heavy atom. The summed E-state index contributed by atoms with van der Waals surface area (Å²) in [6.07, 6.45) is 1.51. The summed E-state index contributed by atoms with van der Waals surface area (Å²) >= 11 is 6.72. The molecule has 1 N–H and O–H groups in total. The fourth-order valence-electron chi connectivity index (χ4n) is 1.62. The zero-order chi connectivity index (χ0) is 16.8. The normalized spacial score (nSPS) is 10.2. The first-order valence-corrected chi connectivity index (χ1v) is 7.98. The van der Waals surface area contributed by atoms with Crippen LogP contribution < -0.4 is 5.32 Å². The number of esters is 2. The monoisotopic (exact) mass is 355 g/mol. The van der Waals surface area contributed by atoms with Crippen molar-refractivity contribution in [1.82, 2.24) is 9.97 Å². The van der Waals surface area contributed by atoms with E-state index in [1.165, 1.54) is 6.20 Å². The van der Waals surface area contributed by atoms with Gasteiger partial charge in [-0.3, -0.25) is 0 Å². The van der Waals surface area contributed by atoms with Gasteiger partial charge in [-0.05, 0) is 26.0 Å². The molecule has 0 aliphatic rings. The lowest BCUT2D eigenvalue weighted by Gasteiger charge is -2.01. The van der Waals surface area contributed by atoms with E-state index in [-0.39, 0.29) is 23.8 Å². The Morgan fingerprint density at radius 3 is 2.52 bits per heavy atom. The number of carbonyl (C=O) groups is 2. The van der Waals surface area contributed by atoms with Crippen LogP contribution in [0.2, 0.25) is 5.15 Å². The van der Waals surface area contributed by atoms with Gasteiger partial charge < -0.3 is 14.8 Å². The van der Waals surface area contributed by atoms with E-state index < -0.39 is 11.9 Å². The Morgan fingerprint density at radius 1 is 1.22 bits per heavy atom. The number of rotatable bonds is 6. The maximum atomic E-state index is 12.0. The van der Waals surface area contributed by atoms with E-state index in [4.69, 9.17) is 21.1 Å². The molecule has 0 saturated carbocycles. The number of carbonyl (C=O) groups excluding carboxylic acids is 2. The molecule has 0 saturated heterocycles. The molecule has 9 heteroatoms. The number of anilines is 2. The van der Waals surface area contributed by atoms with Gasteiger partial charge in [0.05, 0.1) is 25.1 Å². The maximum Gasteiger partial charge on any atom is 0.358 e. The topological polar surface area (TPSA) is 90.4 Å². The molecule has 0 unspecified atom stereocenters. The second-order valence-corrected chi connectivity index (χ2v) is 5.52. The van der Waals surface area contributed by atoms with E-state index in [1.54, 1.807) is 26.0 Å². The molecule has 23 heavy (non-hydrogen) atoms. The molecule has 0 spiro atoms. The third kappa shape index (κ3) is 4.40. The van der Waals surface area contributed by atoms with Crippen molar-refractivity contribution in [2.45, 2.75) is 13.8 Å². The molecule has 2 heterocycles. The van der Waals surface area contributed by atoms with Gasteiger partial charge in [0.15, 0.2) is 10.8 Å². The molecule has 2 aromatic heterocycles. The predicted octanol–water partition coefficient (Wildman–Crippen LogP) is 3.29. The Labute approximate surface area is 141 Å². The Kier molecular flexibility index (Phi) is 5.89. The minimum Gasteiger partial charge on any atom is -0.462 e. The van der Waals surface area contributed by atoms with Crippen molar-refractivity contribution in [3.63, 3.8) is 0 Å². The molecule has 2 aromatic rings. The van der Waals surface area contributed by atoms with E-state index in [1.807, 2.05) is 0 Å². The zero-order valence-electron chi connectivity index (χ0n) is 12.5. The van der Waals surface area contributed by atoms with Gasteiger partial charge in [-0.15, -0.1) is 0 Å². The summed E-state index contributed by atoms with van der Waals surface area (Å²) in [5, 5.41) is 3.66. The van der Waals surface area contributed by atoms with Gasteiger partial charge >= 0.3 is 11.9 Å². The van der Waals surface area contributed by atoms with Crippen LogP contribution in [0, 0.1) is 0 Å². The highest BCUT2D eigenvalue weighted by Gasteiger charge is 2.25. The number of thiazole rings is 1. The van der Waals surface area contributed by atoms with Crippen molar-refractivity contribution in [2.24, 2.45) is 0 Å². The standard InChI is InChI=1S/C14H14ClN3O4S/c1-3-21-12(19)10-11(13(20)22-4-2)23-14(18-10)17-8-5-6-9(15)16-7-8/h5-7H,3-4H2,1-2H3,(H,17,18). The lowest BCUT2D eigenvalue weighted by Crippen LogP contribution is -2.12. The van der Waals surface area contributed by atoms with Crippen molar-refractivity contribution in [2.75, 3.05) is 18.5 Å². The molecule has 0 amide bonds. The summed E-state index contributed by atoms with van der Waals surface area (Å²) < 4.78 is 9.86. The molecule has 0 radical (unpaired) electrons. The number of halogens is 1. The SMILES string of the molecule is CCOC(=O)c1nc(Nc2ccc(Cl)nc2)sc1C(=O)OCC. The molecule has 7 nitrogen and oxygen atoms in total. The van der Waals surface area contributed by atoms with Crippen LogP contribution >= 0.6 is 22.9 Å². The van der Waals surface area contributed by atoms with Crippen molar-refractivity contribution in [3.8, 4) is 0 Å². The Hall–Kier alpha value is -2.19. The van der Waals surface area contributed by atoms with E-state index >= 15 is 0 Å². The molecular formula is C14H14ClN3O4S. The summed E-state index contributed by atoms with van der Waals surface area (Å²) in [6, 6.07) is 3.31. The van der Waals surface area contributed by atoms with Crippen LogP contribution in [-0.2, 0) is 9.47 Å². The highest BCUT2D eigenvalue weighted by atomic mass is 35.5. The Balaban J connectivity index is 2.30. The maximum absolute atomic E-state index is 12.0. The lowest BCUT2D eigenvalue weighted by atomic mass is 10.3. The van der Waals surface area contributed by atoms with Crippen LogP contribution in [0.15, 0.2) is 18.3 Å². The fraction of sp³-hybridized carbons (Fsp3) is 0.286. The molecule has 0 bridgehead atoms. The van der Waals surface area contributed by atoms with Gasteiger partial charge in [0.2, 0.25) is 0 Å². The smallest absolute Gasteiger partial charge is 0.358 e. The summed E-state index contributed by atoms with van der Waals surface area (Å²) in [4.78, 5) is 32.1. The van der Waals surface area contributed by atoms with Crippen molar-refractivity contribution >= 4 is 45.7 Å². The third-order valence-corrected chi connectivity index (χ3v) is 3.71. The van der Waals surface area contributed by atoms with E-state index in [9.17, 15) is 9.59 Å². The summed E-state index contributed by atoms with van der Waals surface area (Å²) in [7, 11) is 0. The van der Waals surface area contributed by atoms with Crippen LogP contribution in [0.3, 0.4) is 0 Å². The van der Waals surface area contributed by atoms with E-state index in [2.05, 4.69) is 15.3 Å². The lowest BCUT2D eigenvalue weighted by molar-refractivity contribution is 0.0479. The van der Waals surface area contributed by atoms with E-state index in [0.717, 1.165) is 11.3 Å². The number of aromatic nitrogens is 2. The first-order chi connectivity index (χ1) is 11.0. The van der Waals surface area contributed by atoms with Crippen LogP contribution in [0.5, 0.6) is 0 Å². The van der Waals surface area contributed by atoms with Gasteiger partial charge in [-0.25, -0.2) is 19.6 Å². The van der Waals surface area contributed by atoms with Crippen LogP contribution in [-0.4, -0.2) is 35.1 Å². The van der Waals surface area contributed by atoms with E-state index in [0.29, 0.717) is 16.0 Å². The van der Waals surface area contributed by atoms with Gasteiger partial charge in [0.25, 0.3) is 0 Å². The highest BCUT2D eigenvalue weighted by Crippen LogP contribution is 2.27. The first-order valence-electron chi connectivity index (χ1n) is 6.78. The molecule has 0 aliphatic heterocycles. The van der Waals surface area contributed by atoms with Gasteiger partial charge in [-0.1, -0.05) is 22.9 Å². The molecule has 122 valence electrons. The largest absolute Gasteiger partial charge is 0.462 e. The average molecular weight is 356 g/mol. The quantitative estimate of drug-likeness (QED) is 0.628. The molecule has 0 aromatic carbocycles. The number of nitrogens with one attached hydrogen (secondary N) is 1. The predicted molar refractivity (Wildman–Crippen MR) is 86.6 cm³/mol. The molecule has 0 atom stereocenters. The third-order valence-electron chi connectivity index (χ3n) is 2.54. The minimum absolute atomic E-state index is 0.0697. The van der Waals surface area contributed by atoms with Gasteiger partial charge in [0.1, 0.15) is 10.0 Å². The van der Waals surface area contributed by atoms with Crippen LogP contribution in [0.1, 0.15) is 34.0 Å². The number of ether oxygens (including phenoxy) is 2. The summed E-state index contributed by atoms with van der Waals surface area (Å²) in [5.41, 5.74) is 0.550. The molecule has 0 aliphatic carbocycles. The number of pyridine rings is 1. The van der Waals surface area contributed by atoms with Crippen molar-refractivity contribution in [1.29, 1.82) is 0 Å². The van der Waals surface area contributed by atoms with Crippen LogP contribution in [0.25, 0.3) is 0 Å². The second-order valence-electron chi connectivity index (χ2n) is 4.13. The van der Waals surface area contributed by atoms with Crippen molar-refractivity contribution < 1.29 is 19.1 Å². The number of hydrogen-bond acceptors (Lipinski definition) is 8. The summed E-state index contributed by atoms with van der Waals surface area (Å²) in [6.45, 7) is 3.74. The Bertz CT molecular complexity index is 667. The number of nitrogens with zero attached hydrogens (tertiary/aromatic N) is 2. The van der Waals surface area contributed by atoms with Crippen LogP contribution in [0.4, 0.5) is 10.8 Å². The summed E-state index contributed by atoms with van der Waals surface area (Å²) in [5.74, 6) is -1.29. The molecular weight excluding hydrogens is 342 g/mol. The van der Waals surface area contributed by atoms with Crippen molar-refractivity contribution in [3.05, 3.63) is 34.1 Å². The van der Waals surface area contributed by atoms with Gasteiger partial charge in [-0.2, -0.15) is 0 Å².